The molecule has 5 rings (SSSR count). The van der Waals surface area contributed by atoms with Crippen LogP contribution < -0.4 is 28.1 Å². The van der Waals surface area contributed by atoms with E-state index in [1.54, 1.807) is 30.3 Å². The summed E-state index contributed by atoms with van der Waals surface area (Å²) in [5.41, 5.74) is 18.1. The summed E-state index contributed by atoms with van der Waals surface area (Å²) in [6.45, 7) is 0. The first kappa shape index (κ1) is 21.4. The van der Waals surface area contributed by atoms with Gasteiger partial charge in [-0.1, -0.05) is 17.7 Å². The van der Waals surface area contributed by atoms with Crippen molar-refractivity contribution in [3.8, 4) is 11.8 Å². The Morgan fingerprint density at radius 3 is 2.62 bits per heavy atom. The molecule has 1 aliphatic rings. The summed E-state index contributed by atoms with van der Waals surface area (Å²) >= 11 is 6.37. The Balaban J connectivity index is 1.76. The minimum absolute atomic E-state index is 0.0366. The van der Waals surface area contributed by atoms with E-state index in [9.17, 15) is 10.1 Å². The van der Waals surface area contributed by atoms with E-state index in [-0.39, 0.29) is 45.0 Å². The Morgan fingerprint density at radius 2 is 1.94 bits per heavy atom. The summed E-state index contributed by atoms with van der Waals surface area (Å²) in [5, 5.41) is 13.4. The Morgan fingerprint density at radius 1 is 1.15 bits per heavy atom. The number of benzene rings is 1. The predicted molar refractivity (Wildman–Crippen MR) is 129 cm³/mol. The number of nitriles is 1. The Kier molecular flexibility index (Phi) is 5.14. The SMILES string of the molecule is N#Cc1c(N)nc(N)nc1NC(c1nc2cccc(Cl)c2c(=O)n1-c1ccc(N)nc1)C1CC1. The number of hydrogen-bond acceptors (Lipinski definition) is 10. The minimum Gasteiger partial charge on any atom is -0.384 e. The van der Waals surface area contributed by atoms with E-state index in [0.717, 1.165) is 12.8 Å². The number of pyridine rings is 1. The molecule has 0 radical (unpaired) electrons. The van der Waals surface area contributed by atoms with E-state index in [4.69, 9.17) is 33.8 Å². The number of nitrogen functional groups attached to an aromatic ring is 3. The second-order valence-electron chi connectivity index (χ2n) is 7.95. The van der Waals surface area contributed by atoms with Gasteiger partial charge in [-0.15, -0.1) is 0 Å². The second-order valence-corrected chi connectivity index (χ2v) is 8.35. The van der Waals surface area contributed by atoms with Gasteiger partial charge in [-0.05, 0) is 43.0 Å². The molecule has 11 nitrogen and oxygen atoms in total. The van der Waals surface area contributed by atoms with Gasteiger partial charge in [0, 0.05) is 0 Å². The number of aromatic nitrogens is 5. The van der Waals surface area contributed by atoms with Crippen LogP contribution in [0.1, 0.15) is 30.3 Å². The summed E-state index contributed by atoms with van der Waals surface area (Å²) in [5.74, 6) is 0.908. The monoisotopic (exact) mass is 474 g/mol. The van der Waals surface area contributed by atoms with Crippen molar-refractivity contribution in [2.24, 2.45) is 5.92 Å². The molecule has 0 saturated heterocycles. The number of rotatable bonds is 5. The van der Waals surface area contributed by atoms with E-state index in [0.29, 0.717) is 22.8 Å². The zero-order valence-electron chi connectivity index (χ0n) is 17.7. The number of nitrogens with two attached hydrogens (primary N) is 3. The molecule has 3 heterocycles. The van der Waals surface area contributed by atoms with Gasteiger partial charge in [0.25, 0.3) is 5.56 Å². The lowest BCUT2D eigenvalue weighted by Gasteiger charge is -2.23. The van der Waals surface area contributed by atoms with Gasteiger partial charge in [-0.2, -0.15) is 15.2 Å². The van der Waals surface area contributed by atoms with Crippen LogP contribution in [0, 0.1) is 17.2 Å². The van der Waals surface area contributed by atoms with Gasteiger partial charge >= 0.3 is 0 Å². The van der Waals surface area contributed by atoms with E-state index in [2.05, 4.69) is 20.3 Å². The molecule has 7 N–H and O–H groups in total. The molecule has 0 amide bonds. The maximum absolute atomic E-state index is 13.7. The third kappa shape index (κ3) is 3.70. The highest BCUT2D eigenvalue weighted by molar-refractivity contribution is 6.35. The van der Waals surface area contributed by atoms with Gasteiger partial charge in [-0.3, -0.25) is 9.36 Å². The highest BCUT2D eigenvalue weighted by atomic mass is 35.5. The number of halogens is 1. The van der Waals surface area contributed by atoms with Crippen molar-refractivity contribution in [1.29, 1.82) is 5.26 Å². The molecule has 1 aromatic carbocycles. The van der Waals surface area contributed by atoms with Crippen LogP contribution >= 0.6 is 11.6 Å². The zero-order valence-corrected chi connectivity index (χ0v) is 18.5. The van der Waals surface area contributed by atoms with Gasteiger partial charge < -0.3 is 22.5 Å². The molecule has 1 fully saturated rings. The molecular weight excluding hydrogens is 456 g/mol. The fourth-order valence-corrected chi connectivity index (χ4v) is 4.13. The minimum atomic E-state index is -0.491. The molecule has 1 unspecified atom stereocenters. The van der Waals surface area contributed by atoms with Crippen molar-refractivity contribution in [3.05, 3.63) is 63.3 Å². The fraction of sp³-hybridized carbons (Fsp3) is 0.182. The van der Waals surface area contributed by atoms with Crippen LogP contribution in [0.3, 0.4) is 0 Å². The highest BCUT2D eigenvalue weighted by Crippen LogP contribution is 2.43. The third-order valence-corrected chi connectivity index (χ3v) is 5.95. The van der Waals surface area contributed by atoms with E-state index in [1.165, 1.54) is 10.8 Å². The smallest absolute Gasteiger partial charge is 0.267 e. The summed E-state index contributed by atoms with van der Waals surface area (Å²) in [6.07, 6.45) is 3.27. The maximum Gasteiger partial charge on any atom is 0.267 e. The normalized spacial score (nSPS) is 14.0. The first-order chi connectivity index (χ1) is 16.4. The number of nitrogens with zero attached hydrogens (tertiary/aromatic N) is 6. The number of anilines is 4. The van der Waals surface area contributed by atoms with Crippen LogP contribution in [-0.2, 0) is 0 Å². The number of nitrogens with one attached hydrogen (secondary N) is 1. The molecule has 1 saturated carbocycles. The molecule has 0 bridgehead atoms. The molecule has 34 heavy (non-hydrogen) atoms. The van der Waals surface area contributed by atoms with E-state index >= 15 is 0 Å². The van der Waals surface area contributed by atoms with Gasteiger partial charge in [0.15, 0.2) is 5.82 Å². The van der Waals surface area contributed by atoms with Crippen LogP contribution in [0.4, 0.5) is 23.4 Å². The molecule has 1 atom stereocenters. The number of hydrogen-bond donors (Lipinski definition) is 4. The third-order valence-electron chi connectivity index (χ3n) is 5.63. The van der Waals surface area contributed by atoms with Gasteiger partial charge in [0.05, 0.1) is 33.9 Å². The molecule has 3 aromatic heterocycles. The standard InChI is InChI=1S/C22H19ClN10O/c23-13-2-1-3-14-16(13)21(34)33(11-6-7-15(25)28-9-11)20(29-14)17(10-4-5-10)30-19-12(8-24)18(26)31-22(27)32-19/h1-3,6-7,9-10,17H,4-5H2,(H2,25,28)(H5,26,27,30,31,32). The van der Waals surface area contributed by atoms with Crippen molar-refractivity contribution in [2.75, 3.05) is 22.5 Å². The summed E-state index contributed by atoms with van der Waals surface area (Å²) in [4.78, 5) is 30.7. The van der Waals surface area contributed by atoms with Crippen molar-refractivity contribution in [1.82, 2.24) is 24.5 Å². The maximum atomic E-state index is 13.7. The van der Waals surface area contributed by atoms with Crippen LogP contribution in [0.5, 0.6) is 0 Å². The van der Waals surface area contributed by atoms with Crippen molar-refractivity contribution >= 4 is 45.9 Å². The van der Waals surface area contributed by atoms with Crippen molar-refractivity contribution in [3.63, 3.8) is 0 Å². The quantitative estimate of drug-likeness (QED) is 0.334. The molecule has 12 heteroatoms. The lowest BCUT2D eigenvalue weighted by molar-refractivity contribution is 0.608. The lowest BCUT2D eigenvalue weighted by Crippen LogP contribution is -2.30. The first-order valence-corrected chi connectivity index (χ1v) is 10.8. The van der Waals surface area contributed by atoms with Crippen molar-refractivity contribution < 1.29 is 0 Å². The van der Waals surface area contributed by atoms with Gasteiger partial charge in [0.1, 0.15) is 29.1 Å². The highest BCUT2D eigenvalue weighted by Gasteiger charge is 2.37. The molecule has 4 aromatic rings. The summed E-state index contributed by atoms with van der Waals surface area (Å²) in [6, 6.07) is 9.90. The predicted octanol–water partition coefficient (Wildman–Crippen LogP) is 2.41. The molecule has 1 aliphatic carbocycles. The second kappa shape index (κ2) is 8.17. The van der Waals surface area contributed by atoms with E-state index in [1.807, 2.05) is 6.07 Å². The Labute approximate surface area is 198 Å². The largest absolute Gasteiger partial charge is 0.384 e. The first-order valence-electron chi connectivity index (χ1n) is 10.4. The Bertz CT molecular complexity index is 1520. The lowest BCUT2D eigenvalue weighted by atomic mass is 10.1. The zero-order chi connectivity index (χ0) is 24.0. The average molecular weight is 475 g/mol. The molecule has 170 valence electrons. The van der Waals surface area contributed by atoms with Crippen LogP contribution in [-0.4, -0.2) is 24.5 Å². The summed E-state index contributed by atoms with van der Waals surface area (Å²) < 4.78 is 1.45. The fourth-order valence-electron chi connectivity index (χ4n) is 3.88. The van der Waals surface area contributed by atoms with E-state index < -0.39 is 6.04 Å². The average Bonchev–Trinajstić information content (AvgIpc) is 3.63. The summed E-state index contributed by atoms with van der Waals surface area (Å²) in [7, 11) is 0. The van der Waals surface area contributed by atoms with Crippen LogP contribution in [0.2, 0.25) is 5.02 Å². The van der Waals surface area contributed by atoms with Crippen LogP contribution in [0.15, 0.2) is 41.3 Å². The molecular formula is C22H19ClN10O. The molecule has 0 spiro atoms. The topological polar surface area (TPSA) is 187 Å². The van der Waals surface area contributed by atoms with Crippen molar-refractivity contribution in [2.45, 2.75) is 18.9 Å². The number of fused-ring (bicyclic) bond motifs is 1. The van der Waals surface area contributed by atoms with Crippen LogP contribution in [0.25, 0.3) is 16.6 Å². The van der Waals surface area contributed by atoms with Gasteiger partial charge in [-0.25, -0.2) is 9.97 Å². The van der Waals surface area contributed by atoms with Gasteiger partial charge in [0.2, 0.25) is 5.95 Å². The molecule has 0 aliphatic heterocycles. The Hall–Kier alpha value is -4.43.